The molecule has 0 bridgehead atoms. The largest absolute Gasteiger partial charge is 0.497 e. The van der Waals surface area contributed by atoms with Crippen molar-refractivity contribution in [3.63, 3.8) is 0 Å². The molecule has 7 heteroatoms. The summed E-state index contributed by atoms with van der Waals surface area (Å²) in [4.78, 5) is 20.2. The first-order chi connectivity index (χ1) is 12.1. The predicted molar refractivity (Wildman–Crippen MR) is 89.1 cm³/mol. The number of ether oxygens (including phenoxy) is 1. The van der Waals surface area contributed by atoms with E-state index in [1.807, 2.05) is 35.4 Å². The normalized spacial score (nSPS) is 33.3. The fraction of sp³-hybridized carbons (Fsp3) is 0.556. The lowest BCUT2D eigenvalue weighted by Crippen LogP contribution is -2.38. The molecule has 0 radical (unpaired) electrons. The second-order valence-electron chi connectivity index (χ2n) is 7.17. The summed E-state index contributed by atoms with van der Waals surface area (Å²) in [6.45, 7) is 1.46. The molecule has 3 fully saturated rings. The molecule has 3 aliphatic rings. The smallest absolute Gasteiger partial charge is 0.253 e. The number of rotatable bonds is 4. The molecular weight excluding hydrogens is 320 g/mol. The number of carbonyl (C=O) groups excluding carboxylic acids is 1. The monoisotopic (exact) mass is 342 g/mol. The van der Waals surface area contributed by atoms with Crippen molar-refractivity contribution in [2.75, 3.05) is 20.2 Å². The van der Waals surface area contributed by atoms with Crippen molar-refractivity contribution in [3.8, 4) is 11.9 Å². The lowest BCUT2D eigenvalue weighted by Gasteiger charge is -2.19. The number of hydroxylamine groups is 1. The van der Waals surface area contributed by atoms with Crippen LogP contribution in [0.25, 0.3) is 0 Å². The molecule has 2 N–H and O–H groups in total. The number of methoxy groups -OCH3 is 1. The Morgan fingerprint density at radius 1 is 1.56 bits per heavy atom. The lowest BCUT2D eigenvalue weighted by molar-refractivity contribution is -0.143. The Morgan fingerprint density at radius 3 is 3.24 bits per heavy atom. The third-order valence-corrected chi connectivity index (χ3v) is 5.70. The van der Waals surface area contributed by atoms with Crippen molar-refractivity contribution in [1.82, 2.24) is 15.7 Å². The van der Waals surface area contributed by atoms with Gasteiger partial charge in [-0.1, -0.05) is 12.1 Å². The highest BCUT2D eigenvalue weighted by molar-refractivity contribution is 5.81. The minimum Gasteiger partial charge on any atom is -0.497 e. The quantitative estimate of drug-likeness (QED) is 0.629. The number of amides is 1. The van der Waals surface area contributed by atoms with Crippen LogP contribution in [0.3, 0.4) is 0 Å². The Morgan fingerprint density at radius 2 is 2.44 bits per heavy atom. The second-order valence-corrected chi connectivity index (χ2v) is 7.17. The Hall–Kier alpha value is -2.30. The zero-order valence-corrected chi connectivity index (χ0v) is 14.2. The first-order valence-corrected chi connectivity index (χ1v) is 8.64. The molecule has 1 aromatic carbocycles. The molecule has 1 aromatic rings. The van der Waals surface area contributed by atoms with Crippen molar-refractivity contribution < 1.29 is 14.4 Å². The minimum atomic E-state index is -0.465. The number of hydrogen-bond acceptors (Lipinski definition) is 6. The highest BCUT2D eigenvalue weighted by atomic mass is 16.7. The summed E-state index contributed by atoms with van der Waals surface area (Å²) >= 11 is 0. The first kappa shape index (κ1) is 16.2. The third kappa shape index (κ3) is 2.92. The zero-order chi connectivity index (χ0) is 17.4. The van der Waals surface area contributed by atoms with E-state index in [0.29, 0.717) is 6.42 Å². The van der Waals surface area contributed by atoms with Crippen molar-refractivity contribution in [3.05, 3.63) is 29.8 Å². The van der Waals surface area contributed by atoms with Crippen LogP contribution in [0.4, 0.5) is 0 Å². The van der Waals surface area contributed by atoms with E-state index in [9.17, 15) is 4.79 Å². The van der Waals surface area contributed by atoms with Gasteiger partial charge in [-0.2, -0.15) is 10.7 Å². The molecule has 3 unspecified atom stereocenters. The minimum absolute atomic E-state index is 0.0189. The summed E-state index contributed by atoms with van der Waals surface area (Å²) in [6, 6.07) is 8.00. The van der Waals surface area contributed by atoms with Crippen LogP contribution in [0.1, 0.15) is 30.9 Å². The summed E-state index contributed by atoms with van der Waals surface area (Å²) in [5, 5.41) is 11.6. The lowest BCUT2D eigenvalue weighted by atomic mass is 10.0. The van der Waals surface area contributed by atoms with E-state index in [1.54, 1.807) is 7.11 Å². The van der Waals surface area contributed by atoms with E-state index in [4.69, 9.17) is 14.8 Å². The summed E-state index contributed by atoms with van der Waals surface area (Å²) < 4.78 is 5.26. The van der Waals surface area contributed by atoms with Gasteiger partial charge >= 0.3 is 0 Å². The summed E-state index contributed by atoms with van der Waals surface area (Å²) in [5.74, 6) is 0.831. The van der Waals surface area contributed by atoms with Crippen LogP contribution in [0.5, 0.6) is 5.75 Å². The van der Waals surface area contributed by atoms with Crippen LogP contribution in [-0.2, 0) is 9.63 Å². The molecule has 2 heterocycles. The SMILES string of the molecule is COc1cccc(C2CC(C(=O)N3CC[C@@]4(CC4NC#N)C3)ON2)c1. The van der Waals surface area contributed by atoms with Gasteiger partial charge in [-0.05, 0) is 30.5 Å². The highest BCUT2D eigenvalue weighted by Crippen LogP contribution is 2.53. The molecule has 1 amide bonds. The first-order valence-electron chi connectivity index (χ1n) is 8.64. The molecular formula is C18H22N4O3. The maximum absolute atomic E-state index is 12.8. The van der Waals surface area contributed by atoms with Crippen molar-refractivity contribution in [2.45, 2.75) is 37.5 Å². The van der Waals surface area contributed by atoms with Crippen LogP contribution >= 0.6 is 0 Å². The molecule has 132 valence electrons. The van der Waals surface area contributed by atoms with Crippen LogP contribution in [0.15, 0.2) is 24.3 Å². The van der Waals surface area contributed by atoms with Crippen molar-refractivity contribution in [1.29, 1.82) is 5.26 Å². The van der Waals surface area contributed by atoms with Gasteiger partial charge in [-0.3, -0.25) is 9.63 Å². The van der Waals surface area contributed by atoms with Crippen molar-refractivity contribution in [2.24, 2.45) is 5.41 Å². The van der Waals surface area contributed by atoms with E-state index < -0.39 is 6.10 Å². The van der Waals surface area contributed by atoms with Gasteiger partial charge in [0.2, 0.25) is 0 Å². The number of hydrogen-bond donors (Lipinski definition) is 2. The van der Waals surface area contributed by atoms with E-state index in [-0.39, 0.29) is 23.4 Å². The maximum Gasteiger partial charge on any atom is 0.253 e. The fourth-order valence-electron chi connectivity index (χ4n) is 4.06. The molecule has 1 saturated carbocycles. The number of likely N-dealkylation sites (tertiary alicyclic amines) is 1. The van der Waals surface area contributed by atoms with Gasteiger partial charge in [0, 0.05) is 31.0 Å². The van der Waals surface area contributed by atoms with Gasteiger partial charge < -0.3 is 15.0 Å². The molecule has 4 atom stereocenters. The van der Waals surface area contributed by atoms with Crippen LogP contribution in [0.2, 0.25) is 0 Å². The molecule has 7 nitrogen and oxygen atoms in total. The molecule has 0 aromatic heterocycles. The fourth-order valence-corrected chi connectivity index (χ4v) is 4.06. The predicted octanol–water partition coefficient (Wildman–Crippen LogP) is 1.09. The van der Waals surface area contributed by atoms with Crippen LogP contribution in [0, 0.1) is 16.9 Å². The molecule has 25 heavy (non-hydrogen) atoms. The van der Waals surface area contributed by atoms with Gasteiger partial charge in [0.1, 0.15) is 5.75 Å². The molecule has 1 aliphatic carbocycles. The molecule has 2 aliphatic heterocycles. The second kappa shape index (κ2) is 6.21. The number of nitrogens with one attached hydrogen (secondary N) is 2. The summed E-state index contributed by atoms with van der Waals surface area (Å²) in [6.07, 6.45) is 4.08. The highest BCUT2D eigenvalue weighted by Gasteiger charge is 2.59. The number of nitrogens with zero attached hydrogens (tertiary/aromatic N) is 2. The standard InChI is InChI=1S/C18H22N4O3/c1-24-13-4-2-3-12(7-13)14-8-15(25-21-14)17(23)22-6-5-18(10-22)9-16(18)20-11-19/h2-4,7,14-16,20-21H,5-6,8-10H2,1H3/t14?,15?,16?,18-/m1/s1. The Bertz CT molecular complexity index is 719. The van der Waals surface area contributed by atoms with Crippen LogP contribution in [-0.4, -0.2) is 43.2 Å². The van der Waals surface area contributed by atoms with Gasteiger partial charge in [-0.25, -0.2) is 0 Å². The average Bonchev–Trinajstić information content (AvgIpc) is 3.00. The van der Waals surface area contributed by atoms with E-state index >= 15 is 0 Å². The zero-order valence-electron chi connectivity index (χ0n) is 14.2. The number of nitriles is 1. The van der Waals surface area contributed by atoms with Gasteiger partial charge in [0.05, 0.1) is 13.2 Å². The molecule has 1 spiro atoms. The van der Waals surface area contributed by atoms with Gasteiger partial charge in [-0.15, -0.1) is 0 Å². The van der Waals surface area contributed by atoms with Crippen molar-refractivity contribution >= 4 is 5.91 Å². The summed E-state index contributed by atoms with van der Waals surface area (Å²) in [7, 11) is 1.64. The van der Waals surface area contributed by atoms with E-state index in [1.165, 1.54) is 0 Å². The maximum atomic E-state index is 12.8. The van der Waals surface area contributed by atoms with Crippen LogP contribution < -0.4 is 15.5 Å². The van der Waals surface area contributed by atoms with Gasteiger partial charge in [0.15, 0.2) is 12.3 Å². The summed E-state index contributed by atoms with van der Waals surface area (Å²) in [5.41, 5.74) is 4.14. The van der Waals surface area contributed by atoms with E-state index in [2.05, 4.69) is 10.8 Å². The average molecular weight is 342 g/mol. The number of benzene rings is 1. The van der Waals surface area contributed by atoms with Gasteiger partial charge in [0.25, 0.3) is 5.91 Å². The Labute approximate surface area is 146 Å². The molecule has 2 saturated heterocycles. The topological polar surface area (TPSA) is 86.6 Å². The van der Waals surface area contributed by atoms with E-state index in [0.717, 1.165) is 37.2 Å². The molecule has 4 rings (SSSR count). The number of carbonyl (C=O) groups is 1. The Balaban J connectivity index is 1.36. The Kier molecular flexibility index (Phi) is 4.02. The third-order valence-electron chi connectivity index (χ3n) is 5.70.